The van der Waals surface area contributed by atoms with Crippen molar-refractivity contribution in [1.82, 2.24) is 25.3 Å². The molecule has 2 atom stereocenters. The van der Waals surface area contributed by atoms with Crippen molar-refractivity contribution in [1.29, 1.82) is 0 Å². The molecule has 9 nitrogen and oxygen atoms in total. The van der Waals surface area contributed by atoms with E-state index in [9.17, 15) is 18.8 Å². The summed E-state index contributed by atoms with van der Waals surface area (Å²) in [6, 6.07) is 4.47. The number of esters is 1. The highest BCUT2D eigenvalue weighted by atomic mass is 19.1. The Morgan fingerprint density at radius 2 is 2.03 bits per heavy atom. The van der Waals surface area contributed by atoms with Gasteiger partial charge < -0.3 is 20.3 Å². The number of rotatable bonds is 6. The van der Waals surface area contributed by atoms with Crippen molar-refractivity contribution in [3.63, 3.8) is 0 Å². The molecule has 0 saturated carbocycles. The lowest BCUT2D eigenvalue weighted by molar-refractivity contribution is -0.139. The number of hydrogen-bond acceptors (Lipinski definition) is 5. The molecule has 0 radical (unpaired) electrons. The molecule has 180 valence electrons. The minimum atomic E-state index is -0.826. The van der Waals surface area contributed by atoms with E-state index in [1.165, 1.54) is 17.0 Å². The van der Waals surface area contributed by atoms with Crippen molar-refractivity contribution in [2.75, 3.05) is 46.4 Å². The second-order valence-corrected chi connectivity index (χ2v) is 8.19. The summed E-state index contributed by atoms with van der Waals surface area (Å²) in [5.74, 6) is -1.01. The van der Waals surface area contributed by atoms with Crippen LogP contribution in [0.2, 0.25) is 0 Å². The quantitative estimate of drug-likeness (QED) is 0.633. The topological polar surface area (TPSA) is 94.2 Å². The standard InChI is InChI=1S/C23H32FN5O4/c1-5-25-22(31)29-11-10-28(13-15(29)3)14-18-19(21(30)33-6-2)20(26-23(32)27(18)4)16-8-7-9-17(24)12-16/h7-9,12,15,20H,5-6,10-11,13-14H2,1-4H3,(H,25,31)(H,26,32)/t15-,20-/m1/s1. The number of piperazine rings is 1. The summed E-state index contributed by atoms with van der Waals surface area (Å²) in [6.07, 6.45) is 0. The zero-order valence-electron chi connectivity index (χ0n) is 19.6. The maximum atomic E-state index is 13.9. The van der Waals surface area contributed by atoms with Gasteiger partial charge in [0.25, 0.3) is 0 Å². The Balaban J connectivity index is 1.93. The maximum absolute atomic E-state index is 13.9. The van der Waals surface area contributed by atoms with Crippen molar-refractivity contribution in [3.05, 3.63) is 46.9 Å². The van der Waals surface area contributed by atoms with E-state index in [0.29, 0.717) is 44.0 Å². The fourth-order valence-corrected chi connectivity index (χ4v) is 4.28. The highest BCUT2D eigenvalue weighted by molar-refractivity contribution is 5.95. The Labute approximate surface area is 193 Å². The Morgan fingerprint density at radius 1 is 1.27 bits per heavy atom. The van der Waals surface area contributed by atoms with E-state index >= 15 is 0 Å². The molecule has 1 aromatic rings. The maximum Gasteiger partial charge on any atom is 0.338 e. The number of amides is 4. The van der Waals surface area contributed by atoms with E-state index in [1.54, 1.807) is 31.0 Å². The van der Waals surface area contributed by atoms with Gasteiger partial charge in [0.2, 0.25) is 0 Å². The minimum absolute atomic E-state index is 0.0429. The first-order chi connectivity index (χ1) is 15.8. The number of likely N-dealkylation sites (N-methyl/N-ethyl adjacent to an activating group) is 1. The van der Waals surface area contributed by atoms with Gasteiger partial charge in [0, 0.05) is 51.5 Å². The summed E-state index contributed by atoms with van der Waals surface area (Å²) >= 11 is 0. The molecule has 2 aliphatic rings. The number of ether oxygens (including phenoxy) is 1. The van der Waals surface area contributed by atoms with E-state index in [2.05, 4.69) is 15.5 Å². The van der Waals surface area contributed by atoms with Crippen LogP contribution in [0, 0.1) is 5.82 Å². The lowest BCUT2D eigenvalue weighted by Gasteiger charge is -2.42. The van der Waals surface area contributed by atoms with E-state index in [1.807, 2.05) is 13.8 Å². The summed E-state index contributed by atoms with van der Waals surface area (Å²) in [7, 11) is 1.60. The first-order valence-corrected chi connectivity index (χ1v) is 11.2. The summed E-state index contributed by atoms with van der Waals surface area (Å²) in [6.45, 7) is 8.29. The third-order valence-corrected chi connectivity index (χ3v) is 5.93. The molecule has 1 fully saturated rings. The number of urea groups is 2. The van der Waals surface area contributed by atoms with E-state index in [0.717, 1.165) is 0 Å². The second kappa shape index (κ2) is 10.7. The number of halogens is 1. The predicted octanol–water partition coefficient (Wildman–Crippen LogP) is 2.07. The van der Waals surface area contributed by atoms with Gasteiger partial charge in [-0.15, -0.1) is 0 Å². The first-order valence-electron chi connectivity index (χ1n) is 11.2. The highest BCUT2D eigenvalue weighted by Crippen LogP contribution is 2.32. The first kappa shape index (κ1) is 24.5. The van der Waals surface area contributed by atoms with Crippen molar-refractivity contribution in [2.45, 2.75) is 32.9 Å². The zero-order valence-corrected chi connectivity index (χ0v) is 19.6. The fourth-order valence-electron chi connectivity index (χ4n) is 4.28. The molecule has 2 heterocycles. The largest absolute Gasteiger partial charge is 0.463 e. The fraction of sp³-hybridized carbons (Fsp3) is 0.522. The molecule has 2 aliphatic heterocycles. The number of nitrogens with one attached hydrogen (secondary N) is 2. The van der Waals surface area contributed by atoms with Gasteiger partial charge in [0.1, 0.15) is 5.82 Å². The molecular formula is C23H32FN5O4. The molecule has 1 saturated heterocycles. The summed E-state index contributed by atoms with van der Waals surface area (Å²) < 4.78 is 19.3. The highest BCUT2D eigenvalue weighted by Gasteiger charge is 2.38. The minimum Gasteiger partial charge on any atom is -0.463 e. The molecular weight excluding hydrogens is 429 g/mol. The molecule has 0 spiro atoms. The Kier molecular flexibility index (Phi) is 7.91. The molecule has 33 heavy (non-hydrogen) atoms. The number of carbonyl (C=O) groups excluding carboxylic acids is 3. The third-order valence-electron chi connectivity index (χ3n) is 5.93. The Bertz CT molecular complexity index is 937. The molecule has 0 aliphatic carbocycles. The van der Waals surface area contributed by atoms with Crippen LogP contribution in [0.3, 0.4) is 0 Å². The number of nitrogens with zero attached hydrogens (tertiary/aromatic N) is 3. The van der Waals surface area contributed by atoms with Crippen molar-refractivity contribution in [2.24, 2.45) is 0 Å². The average Bonchev–Trinajstić information content (AvgIpc) is 2.77. The molecule has 0 unspecified atom stereocenters. The van der Waals surface area contributed by atoms with Gasteiger partial charge in [-0.2, -0.15) is 0 Å². The van der Waals surface area contributed by atoms with Crippen LogP contribution < -0.4 is 10.6 Å². The molecule has 2 N–H and O–H groups in total. The third kappa shape index (κ3) is 5.44. The second-order valence-electron chi connectivity index (χ2n) is 8.19. The molecule has 0 bridgehead atoms. The van der Waals surface area contributed by atoms with Crippen molar-refractivity contribution in [3.8, 4) is 0 Å². The van der Waals surface area contributed by atoms with Crippen molar-refractivity contribution >= 4 is 18.0 Å². The van der Waals surface area contributed by atoms with Gasteiger partial charge in [0.05, 0.1) is 18.2 Å². The normalized spacial score (nSPS) is 21.7. The smallest absolute Gasteiger partial charge is 0.338 e. The summed E-state index contributed by atoms with van der Waals surface area (Å²) in [5, 5.41) is 5.62. The Morgan fingerprint density at radius 3 is 2.67 bits per heavy atom. The lowest BCUT2D eigenvalue weighted by Crippen LogP contribution is -2.57. The van der Waals surface area contributed by atoms with Crippen LogP contribution in [0.5, 0.6) is 0 Å². The van der Waals surface area contributed by atoms with Crippen LogP contribution in [0.4, 0.5) is 14.0 Å². The van der Waals surface area contributed by atoms with Crippen LogP contribution in [-0.2, 0) is 9.53 Å². The van der Waals surface area contributed by atoms with Crippen molar-refractivity contribution < 1.29 is 23.5 Å². The predicted molar refractivity (Wildman–Crippen MR) is 121 cm³/mol. The van der Waals surface area contributed by atoms with Gasteiger partial charge in [0.15, 0.2) is 0 Å². The number of benzene rings is 1. The van der Waals surface area contributed by atoms with E-state index in [-0.39, 0.29) is 30.3 Å². The molecule has 4 amide bonds. The van der Waals surface area contributed by atoms with Crippen LogP contribution in [0.15, 0.2) is 35.5 Å². The van der Waals surface area contributed by atoms with Crippen LogP contribution in [-0.4, -0.2) is 85.2 Å². The average molecular weight is 462 g/mol. The van der Waals surface area contributed by atoms with Gasteiger partial charge in [-0.3, -0.25) is 9.80 Å². The van der Waals surface area contributed by atoms with Gasteiger partial charge in [-0.25, -0.2) is 18.8 Å². The molecule has 10 heteroatoms. The Hall–Kier alpha value is -3.14. The van der Waals surface area contributed by atoms with Crippen LogP contribution in [0.1, 0.15) is 32.4 Å². The van der Waals surface area contributed by atoms with Gasteiger partial charge in [-0.05, 0) is 38.5 Å². The molecule has 3 rings (SSSR count). The number of carbonyl (C=O) groups is 3. The summed E-state index contributed by atoms with van der Waals surface area (Å²) in [4.78, 5) is 43.4. The lowest BCUT2D eigenvalue weighted by atomic mass is 9.94. The zero-order chi connectivity index (χ0) is 24.1. The van der Waals surface area contributed by atoms with Gasteiger partial charge >= 0.3 is 18.0 Å². The monoisotopic (exact) mass is 461 g/mol. The van der Waals surface area contributed by atoms with Crippen LogP contribution >= 0.6 is 0 Å². The van der Waals surface area contributed by atoms with Crippen LogP contribution in [0.25, 0.3) is 0 Å². The number of hydrogen-bond donors (Lipinski definition) is 2. The molecule has 0 aromatic heterocycles. The molecule has 1 aromatic carbocycles. The van der Waals surface area contributed by atoms with Gasteiger partial charge in [-0.1, -0.05) is 12.1 Å². The van der Waals surface area contributed by atoms with E-state index < -0.39 is 17.8 Å². The summed E-state index contributed by atoms with van der Waals surface area (Å²) in [5.41, 5.74) is 1.25. The SMILES string of the molecule is CCNC(=O)N1CCN(CC2=C(C(=O)OCC)[C@@H](c3cccc(F)c3)NC(=O)N2C)C[C@H]1C. The van der Waals surface area contributed by atoms with E-state index in [4.69, 9.17) is 4.74 Å².